The zero-order valence-corrected chi connectivity index (χ0v) is 13.1. The van der Waals surface area contributed by atoms with E-state index in [2.05, 4.69) is 5.32 Å². The second kappa shape index (κ2) is 6.47. The molecule has 0 aromatic heterocycles. The summed E-state index contributed by atoms with van der Waals surface area (Å²) >= 11 is 1.51. The topological polar surface area (TPSA) is 86.7 Å². The number of hydrogen-bond acceptors (Lipinski definition) is 4. The minimum atomic E-state index is -1.09. The number of aliphatic carboxylic acids is 1. The summed E-state index contributed by atoms with van der Waals surface area (Å²) in [6.07, 6.45) is 0.367. The van der Waals surface area contributed by atoms with Crippen LogP contribution in [0.2, 0.25) is 0 Å². The Kier molecular flexibility index (Phi) is 5.44. The molecule has 7 heteroatoms. The first-order valence-corrected chi connectivity index (χ1v) is 7.67. The fourth-order valence-electron chi connectivity index (χ4n) is 1.83. The lowest BCUT2D eigenvalue weighted by Crippen LogP contribution is -2.51. The van der Waals surface area contributed by atoms with Crippen LogP contribution < -0.4 is 5.32 Å². The molecule has 20 heavy (non-hydrogen) atoms. The molecule has 1 aliphatic rings. The molecule has 1 saturated heterocycles. The van der Waals surface area contributed by atoms with Crippen molar-refractivity contribution >= 4 is 29.5 Å². The van der Waals surface area contributed by atoms with Gasteiger partial charge in [0, 0.05) is 12.2 Å². The van der Waals surface area contributed by atoms with Crippen LogP contribution in [0.15, 0.2) is 0 Å². The molecule has 2 atom stereocenters. The number of hydrogen-bond donors (Lipinski definition) is 2. The van der Waals surface area contributed by atoms with Gasteiger partial charge in [-0.25, -0.2) is 0 Å². The maximum atomic E-state index is 12.2. The van der Waals surface area contributed by atoms with Gasteiger partial charge in [-0.15, -0.1) is 11.8 Å². The summed E-state index contributed by atoms with van der Waals surface area (Å²) in [6, 6.07) is -1.52. The van der Waals surface area contributed by atoms with E-state index in [1.807, 2.05) is 20.8 Å². The predicted octanol–water partition coefficient (Wildman–Crippen LogP) is 0.913. The van der Waals surface area contributed by atoms with Crippen LogP contribution in [0.1, 0.15) is 34.1 Å². The molecule has 1 aliphatic heterocycles. The predicted molar refractivity (Wildman–Crippen MR) is 77.3 cm³/mol. The Hall–Kier alpha value is -1.24. The standard InChI is InChI=1S/C13H22N2O4S/c1-8(12(18)19)14-11(17)9-6-20-7-15(9)10(16)5-13(2,3)4/h8-9H,5-7H2,1-4H3,(H,14,17)(H,18,19). The highest BCUT2D eigenvalue weighted by Crippen LogP contribution is 2.26. The fraction of sp³-hybridized carbons (Fsp3) is 0.769. The minimum absolute atomic E-state index is 0.0642. The Labute approximate surface area is 123 Å². The molecule has 0 bridgehead atoms. The van der Waals surface area contributed by atoms with Crippen molar-refractivity contribution in [2.75, 3.05) is 11.6 Å². The molecule has 0 aromatic carbocycles. The van der Waals surface area contributed by atoms with Crippen LogP contribution in [0.4, 0.5) is 0 Å². The Balaban J connectivity index is 2.67. The van der Waals surface area contributed by atoms with Crippen molar-refractivity contribution in [3.8, 4) is 0 Å². The summed E-state index contributed by atoms with van der Waals surface area (Å²) in [7, 11) is 0. The molecule has 1 fully saturated rings. The molecule has 0 aromatic rings. The van der Waals surface area contributed by atoms with Gasteiger partial charge in [-0.05, 0) is 12.3 Å². The number of thioether (sulfide) groups is 1. The van der Waals surface area contributed by atoms with Crippen molar-refractivity contribution in [2.24, 2.45) is 5.41 Å². The number of amides is 2. The van der Waals surface area contributed by atoms with E-state index in [1.165, 1.54) is 18.7 Å². The molecule has 0 spiro atoms. The summed E-state index contributed by atoms with van der Waals surface area (Å²) in [5, 5.41) is 11.2. The van der Waals surface area contributed by atoms with Crippen LogP contribution in [-0.4, -0.2) is 51.5 Å². The third-order valence-corrected chi connectivity index (χ3v) is 3.93. The number of carbonyl (C=O) groups is 3. The zero-order valence-electron chi connectivity index (χ0n) is 12.3. The SMILES string of the molecule is CC(NC(=O)C1CSCN1C(=O)CC(C)(C)C)C(=O)O. The van der Waals surface area contributed by atoms with Gasteiger partial charge in [-0.3, -0.25) is 14.4 Å². The largest absolute Gasteiger partial charge is 0.480 e. The van der Waals surface area contributed by atoms with Gasteiger partial charge in [0.15, 0.2) is 0 Å². The molecule has 0 saturated carbocycles. The van der Waals surface area contributed by atoms with Crippen molar-refractivity contribution < 1.29 is 19.5 Å². The van der Waals surface area contributed by atoms with E-state index in [1.54, 1.807) is 4.90 Å². The smallest absolute Gasteiger partial charge is 0.325 e. The fourth-order valence-corrected chi connectivity index (χ4v) is 3.01. The van der Waals surface area contributed by atoms with E-state index in [9.17, 15) is 14.4 Å². The summed E-state index contributed by atoms with van der Waals surface area (Å²) in [6.45, 7) is 7.31. The van der Waals surface area contributed by atoms with Gasteiger partial charge in [-0.2, -0.15) is 0 Å². The normalized spacial score (nSPS) is 20.6. The maximum absolute atomic E-state index is 12.2. The third-order valence-electron chi connectivity index (χ3n) is 2.92. The molecule has 2 N–H and O–H groups in total. The molecule has 0 aliphatic carbocycles. The molecule has 2 amide bonds. The summed E-state index contributed by atoms with van der Waals surface area (Å²) in [4.78, 5) is 36.6. The lowest BCUT2D eigenvalue weighted by atomic mass is 9.91. The van der Waals surface area contributed by atoms with Crippen molar-refractivity contribution in [3.05, 3.63) is 0 Å². The van der Waals surface area contributed by atoms with Crippen LogP contribution in [0, 0.1) is 5.41 Å². The van der Waals surface area contributed by atoms with E-state index in [0.717, 1.165) is 0 Å². The highest BCUT2D eigenvalue weighted by molar-refractivity contribution is 7.99. The number of carbonyl (C=O) groups excluding carboxylic acids is 2. The first-order valence-electron chi connectivity index (χ1n) is 6.52. The minimum Gasteiger partial charge on any atom is -0.480 e. The van der Waals surface area contributed by atoms with Crippen molar-refractivity contribution in [1.82, 2.24) is 10.2 Å². The number of carboxylic acids is 1. The Morgan fingerprint density at radius 3 is 2.50 bits per heavy atom. The van der Waals surface area contributed by atoms with Gasteiger partial charge in [0.1, 0.15) is 12.1 Å². The van der Waals surface area contributed by atoms with Crippen LogP contribution in [0.25, 0.3) is 0 Å². The van der Waals surface area contributed by atoms with Crippen LogP contribution in [0.5, 0.6) is 0 Å². The highest BCUT2D eigenvalue weighted by atomic mass is 32.2. The number of nitrogens with zero attached hydrogens (tertiary/aromatic N) is 1. The van der Waals surface area contributed by atoms with Gasteiger partial charge in [0.05, 0.1) is 5.88 Å². The highest BCUT2D eigenvalue weighted by Gasteiger charge is 2.36. The van der Waals surface area contributed by atoms with E-state index < -0.39 is 24.0 Å². The van der Waals surface area contributed by atoms with Crippen LogP contribution in [-0.2, 0) is 14.4 Å². The Morgan fingerprint density at radius 1 is 1.40 bits per heavy atom. The third kappa shape index (κ3) is 4.70. The van der Waals surface area contributed by atoms with Gasteiger partial charge in [-0.1, -0.05) is 20.8 Å². The van der Waals surface area contributed by atoms with E-state index >= 15 is 0 Å². The number of nitrogens with one attached hydrogen (secondary N) is 1. The molecule has 0 radical (unpaired) electrons. The van der Waals surface area contributed by atoms with Crippen LogP contribution >= 0.6 is 11.8 Å². The molecule has 1 heterocycles. The van der Waals surface area contributed by atoms with E-state index in [0.29, 0.717) is 18.1 Å². The second-order valence-corrected chi connectivity index (χ2v) is 7.18. The average molecular weight is 302 g/mol. The van der Waals surface area contributed by atoms with Gasteiger partial charge >= 0.3 is 5.97 Å². The second-order valence-electron chi connectivity index (χ2n) is 6.19. The first kappa shape index (κ1) is 16.8. The monoisotopic (exact) mass is 302 g/mol. The van der Waals surface area contributed by atoms with Gasteiger partial charge in [0.25, 0.3) is 0 Å². The number of carboxylic acid groups (broad SMARTS) is 1. The maximum Gasteiger partial charge on any atom is 0.325 e. The van der Waals surface area contributed by atoms with E-state index in [4.69, 9.17) is 5.11 Å². The Bertz CT molecular complexity index is 406. The van der Waals surface area contributed by atoms with Crippen molar-refractivity contribution in [2.45, 2.75) is 46.2 Å². The zero-order chi connectivity index (χ0) is 15.5. The molecular weight excluding hydrogens is 280 g/mol. The first-order chi connectivity index (χ1) is 9.11. The summed E-state index contributed by atoms with van der Waals surface area (Å²) in [5.74, 6) is -0.558. The molecule has 2 unspecified atom stereocenters. The summed E-state index contributed by atoms with van der Waals surface area (Å²) < 4.78 is 0. The Morgan fingerprint density at radius 2 is 2.00 bits per heavy atom. The van der Waals surface area contributed by atoms with Crippen molar-refractivity contribution in [3.63, 3.8) is 0 Å². The molecular formula is C13H22N2O4S. The summed E-state index contributed by atoms with van der Waals surface area (Å²) in [5.41, 5.74) is -0.139. The molecule has 114 valence electrons. The van der Waals surface area contributed by atoms with Gasteiger partial charge in [0.2, 0.25) is 11.8 Å². The number of rotatable bonds is 4. The van der Waals surface area contributed by atoms with Gasteiger partial charge < -0.3 is 15.3 Å². The molecule has 1 rings (SSSR count). The van der Waals surface area contributed by atoms with Crippen molar-refractivity contribution in [1.29, 1.82) is 0 Å². The van der Waals surface area contributed by atoms with Crippen LogP contribution in [0.3, 0.4) is 0 Å². The molecule has 6 nitrogen and oxygen atoms in total. The van der Waals surface area contributed by atoms with E-state index in [-0.39, 0.29) is 11.3 Å². The average Bonchev–Trinajstić information content (AvgIpc) is 2.74. The quantitative estimate of drug-likeness (QED) is 0.806. The lowest BCUT2D eigenvalue weighted by molar-refractivity contribution is -0.143. The lowest BCUT2D eigenvalue weighted by Gasteiger charge is -2.27.